The van der Waals surface area contributed by atoms with Crippen molar-refractivity contribution in [2.45, 2.75) is 51.2 Å². The van der Waals surface area contributed by atoms with E-state index in [1.54, 1.807) is 24.3 Å². The fourth-order valence-corrected chi connectivity index (χ4v) is 5.08. The van der Waals surface area contributed by atoms with E-state index >= 15 is 0 Å². The lowest BCUT2D eigenvalue weighted by Gasteiger charge is -2.07. The second-order valence-corrected chi connectivity index (χ2v) is 9.52. The molecular formula is C22H28N4O3S2. The van der Waals surface area contributed by atoms with Crippen molar-refractivity contribution in [3.63, 3.8) is 0 Å². The highest BCUT2D eigenvalue weighted by atomic mass is 32.2. The van der Waals surface area contributed by atoms with Crippen LogP contribution in [0, 0.1) is 5.92 Å². The summed E-state index contributed by atoms with van der Waals surface area (Å²) in [5, 5.41) is 10.9. The monoisotopic (exact) mass is 460 g/mol. The lowest BCUT2D eigenvalue weighted by molar-refractivity contribution is -0.116. The average molecular weight is 461 g/mol. The Bertz CT molecular complexity index is 892. The van der Waals surface area contributed by atoms with Gasteiger partial charge in [0.15, 0.2) is 5.13 Å². The molecule has 9 heteroatoms. The molecule has 1 aromatic heterocycles. The molecule has 0 unspecified atom stereocenters. The first-order chi connectivity index (χ1) is 15.0. The van der Waals surface area contributed by atoms with Gasteiger partial charge in [0, 0.05) is 35.9 Å². The summed E-state index contributed by atoms with van der Waals surface area (Å²) in [6.45, 7) is 1.45. The Hall–Kier alpha value is -2.39. The molecule has 7 nitrogen and oxygen atoms in total. The molecule has 3 rings (SSSR count). The van der Waals surface area contributed by atoms with Gasteiger partial charge in [0.25, 0.3) is 0 Å². The number of thiazole rings is 1. The zero-order valence-corrected chi connectivity index (χ0v) is 19.2. The van der Waals surface area contributed by atoms with Crippen molar-refractivity contribution in [1.29, 1.82) is 0 Å². The van der Waals surface area contributed by atoms with Gasteiger partial charge in [0.1, 0.15) is 0 Å². The van der Waals surface area contributed by atoms with Crippen LogP contribution in [0.5, 0.6) is 0 Å². The normalized spacial score (nSPS) is 13.7. The van der Waals surface area contributed by atoms with Gasteiger partial charge in [-0.15, -0.1) is 23.1 Å². The number of rotatable bonds is 10. The van der Waals surface area contributed by atoms with Crippen LogP contribution in [0.3, 0.4) is 0 Å². The molecule has 0 spiro atoms. The minimum absolute atomic E-state index is 0.0318. The number of thioether (sulfide) groups is 1. The summed E-state index contributed by atoms with van der Waals surface area (Å²) in [5.74, 6) is 1.40. The number of nitrogens with one attached hydrogen (secondary N) is 3. The smallest absolute Gasteiger partial charge is 0.234 e. The highest BCUT2D eigenvalue weighted by Gasteiger charge is 2.16. The minimum Gasteiger partial charge on any atom is -0.326 e. The van der Waals surface area contributed by atoms with Gasteiger partial charge in [-0.2, -0.15) is 0 Å². The molecule has 3 amide bonds. The number of carbonyl (C=O) groups excluding carboxylic acids is 3. The number of nitrogens with zero attached hydrogens (tertiary/aromatic N) is 1. The zero-order valence-electron chi connectivity index (χ0n) is 17.6. The van der Waals surface area contributed by atoms with Crippen molar-refractivity contribution in [3.8, 4) is 0 Å². The maximum atomic E-state index is 12.1. The highest BCUT2D eigenvalue weighted by molar-refractivity contribution is 7.99. The molecule has 3 N–H and O–H groups in total. The molecule has 1 aliphatic rings. The summed E-state index contributed by atoms with van der Waals surface area (Å²) < 4.78 is 0. The highest BCUT2D eigenvalue weighted by Crippen LogP contribution is 2.28. The lowest BCUT2D eigenvalue weighted by atomic mass is 10.0. The van der Waals surface area contributed by atoms with E-state index in [1.165, 1.54) is 55.7 Å². The second-order valence-electron chi connectivity index (χ2n) is 7.68. The predicted molar refractivity (Wildman–Crippen MR) is 127 cm³/mol. The Morgan fingerprint density at radius 2 is 1.71 bits per heavy atom. The van der Waals surface area contributed by atoms with E-state index < -0.39 is 0 Å². The molecule has 2 aromatic rings. The first-order valence-electron chi connectivity index (χ1n) is 10.5. The van der Waals surface area contributed by atoms with Crippen LogP contribution in [0.1, 0.15) is 51.1 Å². The molecule has 166 valence electrons. The second kappa shape index (κ2) is 11.9. The van der Waals surface area contributed by atoms with Crippen LogP contribution < -0.4 is 16.0 Å². The van der Waals surface area contributed by atoms with Crippen molar-refractivity contribution < 1.29 is 14.4 Å². The standard InChI is InChI=1S/C22H28N4O3S2/c1-15(27)23-17-7-9-18(10-8-17)24-21(29)14-30-12-19-13-31-22(25-19)26-20(28)11-6-16-4-2-3-5-16/h7-10,13,16H,2-6,11-12,14H2,1H3,(H,23,27)(H,24,29)(H,25,26,28). The molecule has 0 saturated heterocycles. The maximum Gasteiger partial charge on any atom is 0.234 e. The lowest BCUT2D eigenvalue weighted by Crippen LogP contribution is -2.14. The van der Waals surface area contributed by atoms with Gasteiger partial charge in [0.05, 0.1) is 11.4 Å². The number of hydrogen-bond acceptors (Lipinski definition) is 6. The molecule has 0 radical (unpaired) electrons. The summed E-state index contributed by atoms with van der Waals surface area (Å²) in [6, 6.07) is 6.97. The Balaban J connectivity index is 1.33. The van der Waals surface area contributed by atoms with Gasteiger partial charge in [-0.25, -0.2) is 4.98 Å². The van der Waals surface area contributed by atoms with Crippen LogP contribution in [0.25, 0.3) is 0 Å². The summed E-state index contributed by atoms with van der Waals surface area (Å²) in [6.07, 6.45) is 6.61. The van der Waals surface area contributed by atoms with E-state index in [-0.39, 0.29) is 17.7 Å². The van der Waals surface area contributed by atoms with Crippen LogP contribution in [-0.4, -0.2) is 28.5 Å². The average Bonchev–Trinajstić information content (AvgIpc) is 3.40. The van der Waals surface area contributed by atoms with Crippen molar-refractivity contribution >= 4 is 57.3 Å². The fraction of sp³-hybridized carbons (Fsp3) is 0.455. The molecule has 0 atom stereocenters. The number of amides is 3. The van der Waals surface area contributed by atoms with Crippen molar-refractivity contribution in [1.82, 2.24) is 4.98 Å². The summed E-state index contributed by atoms with van der Waals surface area (Å²) >= 11 is 2.88. The molecule has 0 bridgehead atoms. The van der Waals surface area contributed by atoms with E-state index in [0.29, 0.717) is 40.4 Å². The topological polar surface area (TPSA) is 100 Å². The molecule has 31 heavy (non-hydrogen) atoms. The Morgan fingerprint density at radius 1 is 1.03 bits per heavy atom. The number of benzene rings is 1. The maximum absolute atomic E-state index is 12.1. The van der Waals surface area contributed by atoms with Crippen LogP contribution in [-0.2, 0) is 20.1 Å². The third kappa shape index (κ3) is 8.34. The first-order valence-corrected chi connectivity index (χ1v) is 12.5. The van der Waals surface area contributed by atoms with Crippen LogP contribution in [0.15, 0.2) is 29.6 Å². The van der Waals surface area contributed by atoms with Gasteiger partial charge < -0.3 is 16.0 Å². The SMILES string of the molecule is CC(=O)Nc1ccc(NC(=O)CSCc2csc(NC(=O)CCC3CCCC3)n2)cc1. The van der Waals surface area contributed by atoms with Crippen LogP contribution in [0.4, 0.5) is 16.5 Å². The summed E-state index contributed by atoms with van der Waals surface area (Å²) in [4.78, 5) is 39.7. The van der Waals surface area contributed by atoms with Crippen molar-refractivity contribution in [2.75, 3.05) is 21.7 Å². The number of hydrogen-bond donors (Lipinski definition) is 3. The quantitative estimate of drug-likeness (QED) is 0.469. The van der Waals surface area contributed by atoms with Gasteiger partial charge >= 0.3 is 0 Å². The van der Waals surface area contributed by atoms with Crippen LogP contribution in [0.2, 0.25) is 0 Å². The van der Waals surface area contributed by atoms with E-state index in [1.807, 2.05) is 5.38 Å². The third-order valence-electron chi connectivity index (χ3n) is 5.02. The molecule has 1 fully saturated rings. The van der Waals surface area contributed by atoms with E-state index in [9.17, 15) is 14.4 Å². The van der Waals surface area contributed by atoms with Gasteiger partial charge in [-0.1, -0.05) is 25.7 Å². The summed E-state index contributed by atoms with van der Waals surface area (Å²) in [5.41, 5.74) is 2.22. The first kappa shape index (κ1) is 23.3. The van der Waals surface area contributed by atoms with Gasteiger partial charge in [-0.05, 0) is 36.6 Å². The Morgan fingerprint density at radius 3 is 2.39 bits per heavy atom. The van der Waals surface area contributed by atoms with E-state index in [0.717, 1.165) is 12.1 Å². The van der Waals surface area contributed by atoms with E-state index in [2.05, 4.69) is 20.9 Å². The fourth-order valence-electron chi connectivity index (χ4n) is 3.53. The number of carbonyl (C=O) groups is 3. The predicted octanol–water partition coefficient (Wildman–Crippen LogP) is 4.88. The minimum atomic E-state index is -0.137. The molecule has 1 aromatic carbocycles. The third-order valence-corrected chi connectivity index (χ3v) is 6.80. The zero-order chi connectivity index (χ0) is 22.1. The molecule has 1 saturated carbocycles. The van der Waals surface area contributed by atoms with Crippen molar-refractivity contribution in [3.05, 3.63) is 35.3 Å². The van der Waals surface area contributed by atoms with E-state index in [4.69, 9.17) is 0 Å². The number of anilines is 3. The summed E-state index contributed by atoms with van der Waals surface area (Å²) in [7, 11) is 0. The Kier molecular flexibility index (Phi) is 8.90. The van der Waals surface area contributed by atoms with Crippen LogP contribution >= 0.6 is 23.1 Å². The largest absolute Gasteiger partial charge is 0.326 e. The molecule has 1 aliphatic carbocycles. The van der Waals surface area contributed by atoms with Crippen molar-refractivity contribution in [2.24, 2.45) is 5.92 Å². The molecule has 0 aliphatic heterocycles. The Labute approximate surface area is 190 Å². The van der Waals surface area contributed by atoms with Gasteiger partial charge in [-0.3, -0.25) is 14.4 Å². The molecular weight excluding hydrogens is 432 g/mol. The van der Waals surface area contributed by atoms with Gasteiger partial charge in [0.2, 0.25) is 17.7 Å². The molecule has 1 heterocycles. The number of aromatic nitrogens is 1.